The van der Waals surface area contributed by atoms with E-state index in [0.29, 0.717) is 0 Å². The first-order chi connectivity index (χ1) is 9.39. The summed E-state index contributed by atoms with van der Waals surface area (Å²) in [4.78, 5) is 35.4. The minimum absolute atomic E-state index is 0.0390. The SMILES string of the molecule is O=C1CC2(O)CC(=O)OC3NCC(O1)C(O)C3OC2=O. The van der Waals surface area contributed by atoms with E-state index < -0.39 is 60.9 Å². The molecular formula is C11H13NO8. The molecule has 0 aromatic heterocycles. The molecule has 0 aromatic carbocycles. The van der Waals surface area contributed by atoms with E-state index in [1.54, 1.807) is 0 Å². The molecule has 0 amide bonds. The number of piperidine rings is 1. The Morgan fingerprint density at radius 3 is 2.45 bits per heavy atom. The zero-order valence-electron chi connectivity index (χ0n) is 10.3. The fraction of sp³-hybridized carbons (Fsp3) is 0.727. The van der Waals surface area contributed by atoms with Crippen molar-refractivity contribution in [3.63, 3.8) is 0 Å². The Bertz CT molecular complexity index is 479. The molecule has 3 saturated heterocycles. The van der Waals surface area contributed by atoms with E-state index in [2.05, 4.69) is 5.32 Å². The van der Waals surface area contributed by atoms with Crippen LogP contribution < -0.4 is 5.32 Å². The Balaban J connectivity index is 2.05. The van der Waals surface area contributed by atoms with Gasteiger partial charge >= 0.3 is 17.9 Å². The van der Waals surface area contributed by atoms with Crippen LogP contribution in [0.25, 0.3) is 0 Å². The fourth-order valence-electron chi connectivity index (χ4n) is 2.52. The van der Waals surface area contributed by atoms with E-state index >= 15 is 0 Å². The summed E-state index contributed by atoms with van der Waals surface area (Å²) in [6.07, 6.45) is -6.03. The van der Waals surface area contributed by atoms with Crippen LogP contribution in [-0.2, 0) is 28.6 Å². The van der Waals surface area contributed by atoms with Gasteiger partial charge < -0.3 is 24.4 Å². The molecule has 3 N–H and O–H groups in total. The minimum atomic E-state index is -2.34. The third kappa shape index (κ3) is 2.03. The second-order valence-electron chi connectivity index (χ2n) is 5.09. The molecule has 0 radical (unpaired) electrons. The van der Waals surface area contributed by atoms with Crippen LogP contribution in [-0.4, -0.2) is 64.8 Å². The van der Waals surface area contributed by atoms with Gasteiger partial charge in [-0.15, -0.1) is 0 Å². The minimum Gasteiger partial charge on any atom is -0.458 e. The van der Waals surface area contributed by atoms with E-state index in [-0.39, 0.29) is 6.54 Å². The Morgan fingerprint density at radius 2 is 1.75 bits per heavy atom. The van der Waals surface area contributed by atoms with Gasteiger partial charge in [-0.3, -0.25) is 14.9 Å². The summed E-state index contributed by atoms with van der Waals surface area (Å²) in [7, 11) is 0. The van der Waals surface area contributed by atoms with Crippen molar-refractivity contribution in [2.45, 2.75) is 43.0 Å². The summed E-state index contributed by atoms with van der Waals surface area (Å²) in [6, 6.07) is 0. The van der Waals surface area contributed by atoms with Gasteiger partial charge in [0.25, 0.3) is 0 Å². The third-order valence-corrected chi connectivity index (χ3v) is 3.57. The van der Waals surface area contributed by atoms with E-state index in [1.165, 1.54) is 0 Å². The Kier molecular flexibility index (Phi) is 2.92. The number of carbonyl (C=O) groups excluding carboxylic acids is 3. The second kappa shape index (κ2) is 4.40. The van der Waals surface area contributed by atoms with Crippen molar-refractivity contribution in [1.82, 2.24) is 5.32 Å². The molecule has 0 aliphatic carbocycles. The van der Waals surface area contributed by atoms with Crippen molar-refractivity contribution in [2.75, 3.05) is 6.54 Å². The lowest BCUT2D eigenvalue weighted by Gasteiger charge is -2.40. The summed E-state index contributed by atoms with van der Waals surface area (Å²) in [6.45, 7) is 0.0390. The number of aliphatic hydroxyl groups excluding tert-OH is 1. The van der Waals surface area contributed by atoms with Crippen LogP contribution >= 0.6 is 0 Å². The summed E-state index contributed by atoms with van der Waals surface area (Å²) in [5, 5.41) is 22.9. The maximum atomic E-state index is 12.0. The summed E-state index contributed by atoms with van der Waals surface area (Å²) < 4.78 is 15.0. The highest BCUT2D eigenvalue weighted by molar-refractivity contribution is 5.90. The van der Waals surface area contributed by atoms with Crippen LogP contribution in [0.2, 0.25) is 0 Å². The van der Waals surface area contributed by atoms with Crippen LogP contribution in [0.1, 0.15) is 12.8 Å². The van der Waals surface area contributed by atoms with Gasteiger partial charge in [-0.05, 0) is 0 Å². The number of hydrogen-bond acceptors (Lipinski definition) is 9. The highest BCUT2D eigenvalue weighted by atomic mass is 16.6. The molecule has 5 atom stereocenters. The monoisotopic (exact) mass is 287 g/mol. The number of hydrogen-bond donors (Lipinski definition) is 3. The van der Waals surface area contributed by atoms with Crippen molar-refractivity contribution >= 4 is 17.9 Å². The molecule has 3 aliphatic heterocycles. The molecule has 0 aromatic rings. The maximum absolute atomic E-state index is 12.0. The molecule has 0 saturated carbocycles. The third-order valence-electron chi connectivity index (χ3n) is 3.57. The quantitative estimate of drug-likeness (QED) is 0.319. The van der Waals surface area contributed by atoms with Gasteiger partial charge in [0.2, 0.25) is 0 Å². The zero-order valence-corrected chi connectivity index (χ0v) is 10.3. The molecule has 5 unspecified atom stereocenters. The number of fused-ring (bicyclic) bond motifs is 3. The van der Waals surface area contributed by atoms with Crippen LogP contribution in [0, 0.1) is 0 Å². The first-order valence-electron chi connectivity index (χ1n) is 6.13. The molecule has 3 heterocycles. The molecule has 9 nitrogen and oxygen atoms in total. The van der Waals surface area contributed by atoms with Gasteiger partial charge in [0.15, 0.2) is 17.9 Å². The summed E-state index contributed by atoms with van der Waals surface area (Å²) in [5.41, 5.74) is -2.34. The van der Waals surface area contributed by atoms with Crippen molar-refractivity contribution in [1.29, 1.82) is 0 Å². The lowest BCUT2D eigenvalue weighted by atomic mass is 9.95. The van der Waals surface area contributed by atoms with E-state index in [1.807, 2.05) is 0 Å². The number of aliphatic hydroxyl groups is 2. The zero-order chi connectivity index (χ0) is 14.5. The van der Waals surface area contributed by atoms with Gasteiger partial charge in [0.05, 0.1) is 12.8 Å². The highest BCUT2D eigenvalue weighted by Crippen LogP contribution is 2.30. The standard InChI is InChI=1S/C11H13NO8/c13-5-1-11(17)2-6(14)19-9-8(20-10(11)16)7(15)4(18-5)3-12-9/h4,7-9,12,15,17H,1-3H2. The van der Waals surface area contributed by atoms with Gasteiger partial charge in [-0.25, -0.2) is 4.79 Å². The molecule has 3 bridgehead atoms. The molecular weight excluding hydrogens is 274 g/mol. The van der Waals surface area contributed by atoms with Crippen LogP contribution in [0.3, 0.4) is 0 Å². The predicted octanol–water partition coefficient (Wildman–Crippen LogP) is -2.82. The maximum Gasteiger partial charge on any atom is 0.339 e. The lowest BCUT2D eigenvalue weighted by molar-refractivity contribution is -0.216. The largest absolute Gasteiger partial charge is 0.458 e. The van der Waals surface area contributed by atoms with E-state index in [9.17, 15) is 24.6 Å². The van der Waals surface area contributed by atoms with Gasteiger partial charge in [0.1, 0.15) is 12.2 Å². The fourth-order valence-corrected chi connectivity index (χ4v) is 2.52. The number of nitrogens with one attached hydrogen (secondary N) is 1. The van der Waals surface area contributed by atoms with Crippen molar-refractivity contribution < 1.29 is 38.8 Å². The number of ether oxygens (including phenoxy) is 3. The average molecular weight is 287 g/mol. The molecule has 110 valence electrons. The second-order valence-corrected chi connectivity index (χ2v) is 5.09. The van der Waals surface area contributed by atoms with Crippen molar-refractivity contribution in [3.8, 4) is 0 Å². The Hall–Kier alpha value is -1.71. The Labute approximate surface area is 112 Å². The van der Waals surface area contributed by atoms with Gasteiger partial charge in [-0.1, -0.05) is 0 Å². The topological polar surface area (TPSA) is 131 Å². The van der Waals surface area contributed by atoms with E-state index in [4.69, 9.17) is 14.2 Å². The number of carbonyl (C=O) groups is 3. The first-order valence-corrected chi connectivity index (χ1v) is 6.13. The Morgan fingerprint density at radius 1 is 1.10 bits per heavy atom. The number of rotatable bonds is 0. The van der Waals surface area contributed by atoms with E-state index in [0.717, 1.165) is 0 Å². The number of esters is 3. The molecule has 3 rings (SSSR count). The molecule has 3 fully saturated rings. The molecule has 9 heteroatoms. The predicted molar refractivity (Wildman–Crippen MR) is 57.8 cm³/mol. The summed E-state index contributed by atoms with van der Waals surface area (Å²) >= 11 is 0. The highest BCUT2D eigenvalue weighted by Gasteiger charge is 2.54. The molecule has 20 heavy (non-hydrogen) atoms. The van der Waals surface area contributed by atoms with Crippen LogP contribution in [0.5, 0.6) is 0 Å². The van der Waals surface area contributed by atoms with Gasteiger partial charge in [0, 0.05) is 6.54 Å². The first kappa shape index (κ1) is 13.3. The smallest absolute Gasteiger partial charge is 0.339 e. The van der Waals surface area contributed by atoms with Crippen LogP contribution in [0.4, 0.5) is 0 Å². The van der Waals surface area contributed by atoms with Crippen molar-refractivity contribution in [3.05, 3.63) is 0 Å². The van der Waals surface area contributed by atoms with Gasteiger partial charge in [-0.2, -0.15) is 0 Å². The van der Waals surface area contributed by atoms with Crippen molar-refractivity contribution in [2.24, 2.45) is 0 Å². The molecule has 3 aliphatic rings. The summed E-state index contributed by atoms with van der Waals surface area (Å²) in [5.74, 6) is -2.92. The average Bonchev–Trinajstić information content (AvgIpc) is 2.36. The normalized spacial score (nSPS) is 44.4. The van der Waals surface area contributed by atoms with Crippen LogP contribution in [0.15, 0.2) is 0 Å². The lowest BCUT2D eigenvalue weighted by Crippen LogP contribution is -2.64. The molecule has 0 spiro atoms.